The van der Waals surface area contributed by atoms with E-state index in [-0.39, 0.29) is 11.7 Å². The topological polar surface area (TPSA) is 35.6 Å². The summed E-state index contributed by atoms with van der Waals surface area (Å²) < 4.78 is 0. The van der Waals surface area contributed by atoms with Gasteiger partial charge >= 0.3 is 0 Å². The van der Waals surface area contributed by atoms with Crippen LogP contribution in [0.2, 0.25) is 0 Å². The maximum absolute atomic E-state index is 12.8. The van der Waals surface area contributed by atoms with Crippen molar-refractivity contribution >= 4 is 5.91 Å². The molecule has 0 aromatic rings. The second-order valence-corrected chi connectivity index (χ2v) is 6.64. The highest BCUT2D eigenvalue weighted by Crippen LogP contribution is 2.34. The summed E-state index contributed by atoms with van der Waals surface area (Å²) in [6.07, 6.45) is 5.99. The van der Waals surface area contributed by atoms with Gasteiger partial charge in [0.2, 0.25) is 5.91 Å². The molecule has 3 fully saturated rings. The molecule has 108 valence electrons. The zero-order valence-corrected chi connectivity index (χ0v) is 12.5. The Morgan fingerprint density at radius 2 is 2.00 bits per heavy atom. The minimum atomic E-state index is -0.340. The molecule has 4 nitrogen and oxygen atoms in total. The van der Waals surface area contributed by atoms with Gasteiger partial charge in [-0.2, -0.15) is 0 Å². The first kappa shape index (κ1) is 13.4. The summed E-state index contributed by atoms with van der Waals surface area (Å²) >= 11 is 0. The Balaban J connectivity index is 1.73. The molecule has 0 bridgehead atoms. The van der Waals surface area contributed by atoms with E-state index < -0.39 is 0 Å². The molecule has 1 saturated carbocycles. The summed E-state index contributed by atoms with van der Waals surface area (Å²) in [7, 11) is 0. The molecule has 0 aromatic heterocycles. The van der Waals surface area contributed by atoms with E-state index in [2.05, 4.69) is 35.9 Å². The van der Waals surface area contributed by atoms with Crippen molar-refractivity contribution in [2.45, 2.75) is 76.7 Å². The summed E-state index contributed by atoms with van der Waals surface area (Å²) in [5.74, 6) is 0.324. The number of hydrogen-bond acceptors (Lipinski definition) is 3. The standard InChI is InChI=1S/C15H27N3O/c1-4-13-16-15(3,5-2)14(19)18(13)12-8-9-17(10-12)11-6-7-11/h11-13,16H,4-10H2,1-3H3. The number of amides is 1. The van der Waals surface area contributed by atoms with E-state index >= 15 is 0 Å². The van der Waals surface area contributed by atoms with Crippen LogP contribution in [0.1, 0.15) is 52.9 Å². The molecule has 2 aliphatic heterocycles. The van der Waals surface area contributed by atoms with Crippen molar-refractivity contribution in [2.24, 2.45) is 0 Å². The number of carbonyl (C=O) groups excluding carboxylic acids is 1. The van der Waals surface area contributed by atoms with Crippen LogP contribution in [-0.4, -0.2) is 52.6 Å². The third kappa shape index (κ3) is 2.19. The Morgan fingerprint density at radius 1 is 1.26 bits per heavy atom. The number of rotatable bonds is 4. The lowest BCUT2D eigenvalue weighted by Gasteiger charge is -2.30. The molecule has 2 heterocycles. The Kier molecular flexibility index (Phi) is 3.34. The van der Waals surface area contributed by atoms with Gasteiger partial charge < -0.3 is 4.90 Å². The number of nitrogens with zero attached hydrogens (tertiary/aromatic N) is 2. The number of hydrogen-bond donors (Lipinski definition) is 1. The molecule has 1 aliphatic carbocycles. The van der Waals surface area contributed by atoms with Gasteiger partial charge in [-0.15, -0.1) is 0 Å². The molecule has 0 aromatic carbocycles. The first-order valence-corrected chi connectivity index (χ1v) is 7.93. The van der Waals surface area contributed by atoms with Crippen molar-refractivity contribution < 1.29 is 4.79 Å². The van der Waals surface area contributed by atoms with Crippen molar-refractivity contribution in [1.82, 2.24) is 15.1 Å². The average Bonchev–Trinajstić information content (AvgIpc) is 3.10. The van der Waals surface area contributed by atoms with E-state index in [4.69, 9.17) is 0 Å². The predicted octanol–water partition coefficient (Wildman–Crippen LogP) is 1.56. The normalized spacial score (nSPS) is 40.4. The molecule has 0 radical (unpaired) electrons. The van der Waals surface area contributed by atoms with Crippen molar-refractivity contribution in [3.8, 4) is 0 Å². The zero-order valence-electron chi connectivity index (χ0n) is 12.5. The van der Waals surface area contributed by atoms with Crippen molar-refractivity contribution in [3.63, 3.8) is 0 Å². The highest BCUT2D eigenvalue weighted by atomic mass is 16.2. The Morgan fingerprint density at radius 3 is 2.58 bits per heavy atom. The van der Waals surface area contributed by atoms with Crippen LogP contribution < -0.4 is 5.32 Å². The smallest absolute Gasteiger partial charge is 0.244 e. The van der Waals surface area contributed by atoms with Gasteiger partial charge in [-0.05, 0) is 39.0 Å². The molecule has 4 heteroatoms. The van der Waals surface area contributed by atoms with Gasteiger partial charge in [-0.3, -0.25) is 15.0 Å². The van der Waals surface area contributed by atoms with Gasteiger partial charge in [0, 0.05) is 25.2 Å². The van der Waals surface area contributed by atoms with Gasteiger partial charge in [-0.1, -0.05) is 13.8 Å². The molecule has 1 N–H and O–H groups in total. The van der Waals surface area contributed by atoms with Crippen LogP contribution in [0.15, 0.2) is 0 Å². The van der Waals surface area contributed by atoms with E-state index in [1.54, 1.807) is 0 Å². The Bertz CT molecular complexity index is 368. The van der Waals surface area contributed by atoms with Crippen LogP contribution in [0.5, 0.6) is 0 Å². The predicted molar refractivity (Wildman–Crippen MR) is 75.8 cm³/mol. The molecule has 3 aliphatic rings. The second kappa shape index (κ2) is 4.74. The van der Waals surface area contributed by atoms with Crippen LogP contribution in [-0.2, 0) is 4.79 Å². The lowest BCUT2D eigenvalue weighted by Crippen LogP contribution is -2.46. The molecule has 2 saturated heterocycles. The zero-order chi connectivity index (χ0) is 13.6. The third-order valence-corrected chi connectivity index (χ3v) is 5.27. The largest absolute Gasteiger partial charge is 0.321 e. The van der Waals surface area contributed by atoms with E-state index in [1.165, 1.54) is 19.4 Å². The lowest BCUT2D eigenvalue weighted by molar-refractivity contribution is -0.135. The van der Waals surface area contributed by atoms with Gasteiger partial charge in [0.15, 0.2) is 0 Å². The summed E-state index contributed by atoms with van der Waals surface area (Å²) in [5, 5.41) is 3.56. The first-order chi connectivity index (χ1) is 9.09. The maximum Gasteiger partial charge on any atom is 0.244 e. The molecular formula is C15H27N3O. The summed E-state index contributed by atoms with van der Waals surface area (Å²) in [4.78, 5) is 17.5. The fraction of sp³-hybridized carbons (Fsp3) is 0.933. The third-order valence-electron chi connectivity index (χ3n) is 5.27. The molecule has 3 unspecified atom stereocenters. The summed E-state index contributed by atoms with van der Waals surface area (Å²) in [6.45, 7) is 8.61. The quantitative estimate of drug-likeness (QED) is 0.838. The molecular weight excluding hydrogens is 238 g/mol. The second-order valence-electron chi connectivity index (χ2n) is 6.64. The van der Waals surface area contributed by atoms with E-state index in [0.29, 0.717) is 11.9 Å². The minimum Gasteiger partial charge on any atom is -0.321 e. The Labute approximate surface area is 116 Å². The van der Waals surface area contributed by atoms with Crippen molar-refractivity contribution in [3.05, 3.63) is 0 Å². The first-order valence-electron chi connectivity index (χ1n) is 7.93. The van der Waals surface area contributed by atoms with Gasteiger partial charge in [0.25, 0.3) is 0 Å². The van der Waals surface area contributed by atoms with Crippen LogP contribution >= 0.6 is 0 Å². The molecule has 0 spiro atoms. The number of carbonyl (C=O) groups is 1. The van der Waals surface area contributed by atoms with Gasteiger partial charge in [0.05, 0.1) is 11.7 Å². The van der Waals surface area contributed by atoms with E-state index in [0.717, 1.165) is 31.8 Å². The molecule has 3 atom stereocenters. The lowest BCUT2D eigenvalue weighted by atomic mass is 9.99. The van der Waals surface area contributed by atoms with E-state index in [9.17, 15) is 4.79 Å². The molecule has 1 amide bonds. The highest BCUT2D eigenvalue weighted by Gasteiger charge is 2.50. The number of nitrogens with one attached hydrogen (secondary N) is 1. The van der Waals surface area contributed by atoms with Crippen LogP contribution in [0.3, 0.4) is 0 Å². The average molecular weight is 265 g/mol. The molecule has 3 rings (SSSR count). The minimum absolute atomic E-state index is 0.238. The van der Waals surface area contributed by atoms with Crippen LogP contribution in [0, 0.1) is 0 Å². The van der Waals surface area contributed by atoms with Crippen molar-refractivity contribution in [2.75, 3.05) is 13.1 Å². The van der Waals surface area contributed by atoms with Crippen molar-refractivity contribution in [1.29, 1.82) is 0 Å². The van der Waals surface area contributed by atoms with Crippen LogP contribution in [0.25, 0.3) is 0 Å². The Hall–Kier alpha value is -0.610. The summed E-state index contributed by atoms with van der Waals surface area (Å²) in [6, 6.07) is 1.26. The van der Waals surface area contributed by atoms with Gasteiger partial charge in [-0.25, -0.2) is 0 Å². The van der Waals surface area contributed by atoms with E-state index in [1.807, 2.05) is 0 Å². The van der Waals surface area contributed by atoms with Crippen LogP contribution in [0.4, 0.5) is 0 Å². The maximum atomic E-state index is 12.8. The fourth-order valence-corrected chi connectivity index (χ4v) is 3.66. The molecule has 19 heavy (non-hydrogen) atoms. The monoisotopic (exact) mass is 265 g/mol. The number of likely N-dealkylation sites (tertiary alicyclic amines) is 1. The fourth-order valence-electron chi connectivity index (χ4n) is 3.66. The summed E-state index contributed by atoms with van der Waals surface area (Å²) in [5.41, 5.74) is -0.340. The SMILES string of the molecule is CCC1NC(C)(CC)C(=O)N1C1CCN(C2CC2)C1. The highest BCUT2D eigenvalue weighted by molar-refractivity contribution is 5.88. The van der Waals surface area contributed by atoms with Gasteiger partial charge in [0.1, 0.15) is 0 Å².